The molecule has 2 aliphatic heterocycles. The van der Waals surface area contributed by atoms with Crippen LogP contribution in [0.15, 0.2) is 77.7 Å². The lowest BCUT2D eigenvalue weighted by atomic mass is 10.1. The standard InChI is InChI=1S/C29H25F2N3O3S/c30-24-9-7-20(8-10-24)18-32-11-13-33(14-12-32)27(35)23-5-1-3-21(15-23)17-26-28(36)34(29(37)38-26)19-22-4-2-6-25(31)16-22/h1-10,15-17H,11-14,18-19H2/b26-17-. The van der Waals surface area contributed by atoms with Crippen molar-refractivity contribution in [1.82, 2.24) is 14.7 Å². The number of carbonyl (C=O) groups is 3. The van der Waals surface area contributed by atoms with E-state index in [0.29, 0.717) is 49.4 Å². The first-order valence-electron chi connectivity index (χ1n) is 12.2. The molecule has 3 aromatic rings. The normalized spacial score (nSPS) is 17.5. The van der Waals surface area contributed by atoms with Crippen LogP contribution in [0.4, 0.5) is 13.6 Å². The molecule has 2 fully saturated rings. The first-order valence-corrected chi connectivity index (χ1v) is 13.0. The van der Waals surface area contributed by atoms with Gasteiger partial charge in [-0.05, 0) is 70.9 Å². The number of piperazine rings is 1. The SMILES string of the molecule is O=C(c1cccc(/C=C2\SC(=O)N(Cc3cccc(F)c3)C2=O)c1)N1CCN(Cc2ccc(F)cc2)CC1. The Morgan fingerprint density at radius 2 is 1.55 bits per heavy atom. The third-order valence-corrected chi connectivity index (χ3v) is 7.42. The summed E-state index contributed by atoms with van der Waals surface area (Å²) in [6.45, 7) is 3.26. The Morgan fingerprint density at radius 3 is 2.29 bits per heavy atom. The van der Waals surface area contributed by atoms with Crippen LogP contribution in [0.25, 0.3) is 6.08 Å². The minimum atomic E-state index is -0.446. The maximum absolute atomic E-state index is 13.5. The van der Waals surface area contributed by atoms with Gasteiger partial charge in [0.15, 0.2) is 0 Å². The van der Waals surface area contributed by atoms with Crippen LogP contribution in [0.3, 0.4) is 0 Å². The van der Waals surface area contributed by atoms with Crippen LogP contribution < -0.4 is 0 Å². The fourth-order valence-corrected chi connectivity index (χ4v) is 5.35. The first-order chi connectivity index (χ1) is 18.4. The molecule has 2 heterocycles. The molecule has 6 nitrogen and oxygen atoms in total. The summed E-state index contributed by atoms with van der Waals surface area (Å²) >= 11 is 0.827. The Labute approximate surface area is 223 Å². The third-order valence-electron chi connectivity index (χ3n) is 6.51. The van der Waals surface area contributed by atoms with Crippen molar-refractivity contribution in [1.29, 1.82) is 0 Å². The summed E-state index contributed by atoms with van der Waals surface area (Å²) in [5.41, 5.74) is 2.70. The van der Waals surface area contributed by atoms with E-state index in [1.165, 1.54) is 30.3 Å². The van der Waals surface area contributed by atoms with Crippen molar-refractivity contribution in [2.75, 3.05) is 26.2 Å². The van der Waals surface area contributed by atoms with E-state index in [4.69, 9.17) is 0 Å². The van der Waals surface area contributed by atoms with Crippen molar-refractivity contribution in [3.63, 3.8) is 0 Å². The quantitative estimate of drug-likeness (QED) is 0.410. The van der Waals surface area contributed by atoms with Crippen LogP contribution in [-0.4, -0.2) is 57.9 Å². The van der Waals surface area contributed by atoms with Gasteiger partial charge in [-0.3, -0.25) is 24.2 Å². The number of thioether (sulfide) groups is 1. The number of carbonyl (C=O) groups excluding carboxylic acids is 3. The van der Waals surface area contributed by atoms with Crippen LogP contribution in [0, 0.1) is 11.6 Å². The first kappa shape index (κ1) is 25.8. The van der Waals surface area contributed by atoms with Gasteiger partial charge in [-0.1, -0.05) is 36.4 Å². The second kappa shape index (κ2) is 11.3. The summed E-state index contributed by atoms with van der Waals surface area (Å²) in [6.07, 6.45) is 1.61. The lowest BCUT2D eigenvalue weighted by molar-refractivity contribution is -0.123. The molecule has 0 aromatic heterocycles. The zero-order valence-electron chi connectivity index (χ0n) is 20.5. The third kappa shape index (κ3) is 6.00. The van der Waals surface area contributed by atoms with Crippen molar-refractivity contribution < 1.29 is 23.2 Å². The molecule has 0 saturated carbocycles. The second-order valence-corrected chi connectivity index (χ2v) is 10.2. The molecule has 3 amide bonds. The topological polar surface area (TPSA) is 60.9 Å². The Hall–Kier alpha value is -3.82. The van der Waals surface area contributed by atoms with Crippen LogP contribution in [0.2, 0.25) is 0 Å². The van der Waals surface area contributed by atoms with Crippen molar-refractivity contribution in [3.05, 3.63) is 112 Å². The van der Waals surface area contributed by atoms with E-state index < -0.39 is 17.0 Å². The lowest BCUT2D eigenvalue weighted by Crippen LogP contribution is -2.48. The number of halogens is 2. The predicted molar refractivity (Wildman–Crippen MR) is 142 cm³/mol. The number of amides is 3. The molecule has 38 heavy (non-hydrogen) atoms. The maximum atomic E-state index is 13.5. The molecule has 0 bridgehead atoms. The van der Waals surface area contributed by atoms with Gasteiger partial charge in [0, 0.05) is 38.3 Å². The Morgan fingerprint density at radius 1 is 0.816 bits per heavy atom. The van der Waals surface area contributed by atoms with Gasteiger partial charge in [-0.25, -0.2) is 8.78 Å². The average molecular weight is 534 g/mol. The molecule has 0 radical (unpaired) electrons. The Kier molecular flexibility index (Phi) is 7.67. The zero-order chi connectivity index (χ0) is 26.6. The molecule has 5 rings (SSSR count). The summed E-state index contributed by atoms with van der Waals surface area (Å²) < 4.78 is 26.7. The Bertz CT molecular complexity index is 1400. The fourth-order valence-electron chi connectivity index (χ4n) is 4.51. The monoisotopic (exact) mass is 533 g/mol. The summed E-state index contributed by atoms with van der Waals surface area (Å²) in [5.74, 6) is -1.23. The summed E-state index contributed by atoms with van der Waals surface area (Å²) in [6, 6.07) is 19.2. The fraction of sp³-hybridized carbons (Fsp3) is 0.207. The number of imide groups is 1. The largest absolute Gasteiger partial charge is 0.336 e. The van der Waals surface area contributed by atoms with Crippen LogP contribution in [0.1, 0.15) is 27.0 Å². The molecule has 3 aromatic carbocycles. The van der Waals surface area contributed by atoms with Gasteiger partial charge in [-0.15, -0.1) is 0 Å². The van der Waals surface area contributed by atoms with E-state index in [1.54, 1.807) is 53.4 Å². The van der Waals surface area contributed by atoms with Crippen molar-refractivity contribution in [3.8, 4) is 0 Å². The zero-order valence-corrected chi connectivity index (χ0v) is 21.3. The van der Waals surface area contributed by atoms with Gasteiger partial charge in [0.2, 0.25) is 0 Å². The molecular weight excluding hydrogens is 508 g/mol. The van der Waals surface area contributed by atoms with E-state index in [2.05, 4.69) is 4.90 Å². The van der Waals surface area contributed by atoms with Gasteiger partial charge in [0.25, 0.3) is 17.1 Å². The number of hydrogen-bond acceptors (Lipinski definition) is 5. The van der Waals surface area contributed by atoms with E-state index in [0.717, 1.165) is 22.2 Å². The smallest absolute Gasteiger partial charge is 0.293 e. The van der Waals surface area contributed by atoms with E-state index in [9.17, 15) is 23.2 Å². The van der Waals surface area contributed by atoms with E-state index in [1.807, 2.05) is 0 Å². The highest BCUT2D eigenvalue weighted by atomic mass is 32.2. The van der Waals surface area contributed by atoms with Crippen LogP contribution in [0.5, 0.6) is 0 Å². The number of nitrogens with zero attached hydrogens (tertiary/aromatic N) is 3. The van der Waals surface area contributed by atoms with Gasteiger partial charge in [-0.2, -0.15) is 0 Å². The molecule has 0 spiro atoms. The average Bonchev–Trinajstić information content (AvgIpc) is 3.17. The predicted octanol–water partition coefficient (Wildman–Crippen LogP) is 5.16. The number of hydrogen-bond donors (Lipinski definition) is 0. The van der Waals surface area contributed by atoms with Crippen LogP contribution >= 0.6 is 11.8 Å². The maximum Gasteiger partial charge on any atom is 0.293 e. The molecule has 0 aliphatic carbocycles. The minimum absolute atomic E-state index is 0.00850. The van der Waals surface area contributed by atoms with Crippen molar-refractivity contribution in [2.24, 2.45) is 0 Å². The van der Waals surface area contributed by atoms with Gasteiger partial charge < -0.3 is 4.90 Å². The minimum Gasteiger partial charge on any atom is -0.336 e. The Balaban J connectivity index is 1.21. The molecule has 9 heteroatoms. The molecule has 2 saturated heterocycles. The molecule has 0 N–H and O–H groups in total. The van der Waals surface area contributed by atoms with Crippen molar-refractivity contribution >= 4 is 34.9 Å². The highest BCUT2D eigenvalue weighted by Gasteiger charge is 2.35. The van der Waals surface area contributed by atoms with Crippen molar-refractivity contribution in [2.45, 2.75) is 13.1 Å². The highest BCUT2D eigenvalue weighted by Crippen LogP contribution is 2.33. The van der Waals surface area contributed by atoms with Gasteiger partial charge >= 0.3 is 0 Å². The van der Waals surface area contributed by atoms with E-state index >= 15 is 0 Å². The number of rotatable bonds is 6. The summed E-state index contributed by atoms with van der Waals surface area (Å²) in [4.78, 5) is 43.9. The molecule has 2 aliphatic rings. The second-order valence-electron chi connectivity index (χ2n) is 9.22. The van der Waals surface area contributed by atoms with Gasteiger partial charge in [0.1, 0.15) is 11.6 Å². The lowest BCUT2D eigenvalue weighted by Gasteiger charge is -2.34. The highest BCUT2D eigenvalue weighted by molar-refractivity contribution is 8.18. The summed E-state index contributed by atoms with van der Waals surface area (Å²) in [5, 5.41) is -0.420. The molecule has 194 valence electrons. The van der Waals surface area contributed by atoms with Gasteiger partial charge in [0.05, 0.1) is 11.4 Å². The van der Waals surface area contributed by atoms with Crippen LogP contribution in [-0.2, 0) is 17.9 Å². The summed E-state index contributed by atoms with van der Waals surface area (Å²) in [7, 11) is 0. The molecular formula is C29H25F2N3O3S. The number of benzene rings is 3. The molecule has 0 unspecified atom stereocenters. The molecule has 0 atom stereocenters. The van der Waals surface area contributed by atoms with E-state index in [-0.39, 0.29) is 23.2 Å².